The molecule has 8 heteroatoms. The van der Waals surface area contributed by atoms with Crippen LogP contribution in [-0.2, 0) is 19.4 Å². The van der Waals surface area contributed by atoms with E-state index in [1.807, 2.05) is 0 Å². The quantitative estimate of drug-likeness (QED) is 0.828. The number of carbonyl (C=O) groups is 2. The third kappa shape index (κ3) is 4.20. The molecule has 1 N–H and O–H groups in total. The fraction of sp³-hybridized carbons (Fsp3) is 0.429. The van der Waals surface area contributed by atoms with Crippen molar-refractivity contribution in [3.05, 3.63) is 34.9 Å². The summed E-state index contributed by atoms with van der Waals surface area (Å²) in [5.41, 5.74) is -0.640. The molecule has 0 radical (unpaired) electrons. The maximum Gasteiger partial charge on any atom is 0.340 e. The summed E-state index contributed by atoms with van der Waals surface area (Å²) in [6, 6.07) is 6.34. The lowest BCUT2D eigenvalue weighted by molar-refractivity contribution is -0.125. The number of rotatable bonds is 4. The van der Waals surface area contributed by atoms with Gasteiger partial charge in [0.05, 0.1) is 27.6 Å². The second kappa shape index (κ2) is 6.26. The van der Waals surface area contributed by atoms with Crippen molar-refractivity contribution < 1.29 is 22.7 Å². The van der Waals surface area contributed by atoms with Gasteiger partial charge in [-0.1, -0.05) is 23.7 Å². The van der Waals surface area contributed by atoms with Gasteiger partial charge >= 0.3 is 5.97 Å². The predicted molar refractivity (Wildman–Crippen MR) is 81.6 cm³/mol. The minimum absolute atomic E-state index is 0.0448. The first kappa shape index (κ1) is 16.8. The summed E-state index contributed by atoms with van der Waals surface area (Å²) in [6.45, 7) is 1.17. The monoisotopic (exact) mass is 345 g/mol. The van der Waals surface area contributed by atoms with Gasteiger partial charge in [0.15, 0.2) is 16.4 Å². The second-order valence-corrected chi connectivity index (χ2v) is 8.10. The lowest BCUT2D eigenvalue weighted by Gasteiger charge is -2.23. The Morgan fingerprint density at radius 1 is 1.36 bits per heavy atom. The first-order valence-electron chi connectivity index (χ1n) is 6.64. The van der Waals surface area contributed by atoms with Crippen LogP contribution < -0.4 is 5.32 Å². The van der Waals surface area contributed by atoms with E-state index in [2.05, 4.69) is 5.32 Å². The van der Waals surface area contributed by atoms with Gasteiger partial charge < -0.3 is 10.1 Å². The first-order chi connectivity index (χ1) is 10.2. The molecule has 1 saturated heterocycles. The molecule has 6 nitrogen and oxygen atoms in total. The van der Waals surface area contributed by atoms with E-state index in [-0.39, 0.29) is 22.1 Å². The fourth-order valence-electron chi connectivity index (χ4n) is 2.32. The molecule has 0 aromatic heterocycles. The van der Waals surface area contributed by atoms with Crippen molar-refractivity contribution in [1.82, 2.24) is 5.32 Å². The Morgan fingerprint density at radius 3 is 2.64 bits per heavy atom. The molecule has 22 heavy (non-hydrogen) atoms. The average Bonchev–Trinajstić information content (AvgIpc) is 2.70. The van der Waals surface area contributed by atoms with Crippen molar-refractivity contribution in [2.75, 3.05) is 18.1 Å². The van der Waals surface area contributed by atoms with Crippen LogP contribution in [0, 0.1) is 0 Å². The summed E-state index contributed by atoms with van der Waals surface area (Å²) in [5, 5.41) is 2.84. The van der Waals surface area contributed by atoms with Gasteiger partial charge in [-0.05, 0) is 25.5 Å². The van der Waals surface area contributed by atoms with Crippen molar-refractivity contribution in [3.8, 4) is 0 Å². The highest BCUT2D eigenvalue weighted by atomic mass is 35.5. The topological polar surface area (TPSA) is 89.5 Å². The number of esters is 1. The van der Waals surface area contributed by atoms with Crippen LogP contribution in [0.4, 0.5) is 0 Å². The first-order valence-corrected chi connectivity index (χ1v) is 8.84. The third-order valence-corrected chi connectivity index (χ3v) is 5.61. The number of hydrogen-bond acceptors (Lipinski definition) is 5. The molecule has 1 atom stereocenters. The molecule has 120 valence electrons. The zero-order chi connectivity index (χ0) is 16.4. The van der Waals surface area contributed by atoms with Crippen LogP contribution in [0.1, 0.15) is 23.7 Å². The third-order valence-electron chi connectivity index (χ3n) is 3.37. The van der Waals surface area contributed by atoms with E-state index >= 15 is 0 Å². The molecular weight excluding hydrogens is 330 g/mol. The summed E-state index contributed by atoms with van der Waals surface area (Å²) < 4.78 is 27.8. The van der Waals surface area contributed by atoms with Gasteiger partial charge in [0.25, 0.3) is 5.91 Å². The lowest BCUT2D eigenvalue weighted by Crippen LogP contribution is -2.48. The van der Waals surface area contributed by atoms with Gasteiger partial charge in [0.2, 0.25) is 0 Å². The van der Waals surface area contributed by atoms with Crippen molar-refractivity contribution in [3.63, 3.8) is 0 Å². The fourth-order valence-corrected chi connectivity index (χ4v) is 4.62. The molecule has 2 rings (SSSR count). The van der Waals surface area contributed by atoms with Gasteiger partial charge in [-0.15, -0.1) is 0 Å². The normalized spacial score (nSPS) is 23.0. The Labute approximate surface area is 133 Å². The van der Waals surface area contributed by atoms with Crippen LogP contribution in [-0.4, -0.2) is 43.9 Å². The molecule has 1 fully saturated rings. The Balaban J connectivity index is 1.89. The molecule has 0 unspecified atom stereocenters. The average molecular weight is 346 g/mol. The maximum absolute atomic E-state index is 11.8. The number of carbonyl (C=O) groups excluding carboxylic acids is 2. The maximum atomic E-state index is 11.8. The Kier molecular flexibility index (Phi) is 4.77. The van der Waals surface area contributed by atoms with Crippen LogP contribution in [0.15, 0.2) is 24.3 Å². The molecule has 1 heterocycles. The lowest BCUT2D eigenvalue weighted by atomic mass is 10.0. The van der Waals surface area contributed by atoms with Crippen LogP contribution in [0.2, 0.25) is 5.02 Å². The number of nitrogens with one attached hydrogen (secondary N) is 1. The Morgan fingerprint density at radius 2 is 2.05 bits per heavy atom. The molecule has 1 aliphatic heterocycles. The number of sulfone groups is 1. The minimum Gasteiger partial charge on any atom is -0.452 e. The second-order valence-electron chi connectivity index (χ2n) is 5.51. The summed E-state index contributed by atoms with van der Waals surface area (Å²) in [5.74, 6) is -1.31. The number of amides is 1. The minimum atomic E-state index is -3.12. The number of hydrogen-bond donors (Lipinski definition) is 1. The van der Waals surface area contributed by atoms with Crippen molar-refractivity contribution in [1.29, 1.82) is 0 Å². The highest BCUT2D eigenvalue weighted by molar-refractivity contribution is 7.91. The Bertz CT molecular complexity index is 703. The van der Waals surface area contributed by atoms with Crippen LogP contribution in [0.3, 0.4) is 0 Å². The molecule has 1 aromatic rings. The molecular formula is C14H16ClNO5S. The van der Waals surface area contributed by atoms with E-state index in [0.717, 1.165) is 0 Å². The van der Waals surface area contributed by atoms with E-state index in [4.69, 9.17) is 16.3 Å². The predicted octanol–water partition coefficient (Wildman–Crippen LogP) is 1.19. The largest absolute Gasteiger partial charge is 0.452 e. The zero-order valence-electron chi connectivity index (χ0n) is 12.0. The molecule has 1 aromatic carbocycles. The van der Waals surface area contributed by atoms with Gasteiger partial charge in [0.1, 0.15) is 0 Å². The molecule has 0 saturated carbocycles. The van der Waals surface area contributed by atoms with Gasteiger partial charge in [0, 0.05) is 0 Å². The Hall–Kier alpha value is -1.60. The summed E-state index contributed by atoms with van der Waals surface area (Å²) in [7, 11) is -3.12. The van der Waals surface area contributed by atoms with E-state index in [9.17, 15) is 18.0 Å². The summed E-state index contributed by atoms with van der Waals surface area (Å²) >= 11 is 5.86. The standard InChI is InChI=1S/C14H16ClNO5S/c1-14(6-7-22(19,20)9-14)16-12(17)8-21-13(18)10-4-2-3-5-11(10)15/h2-5H,6-9H2,1H3,(H,16,17)/t14-/m0/s1. The molecule has 0 spiro atoms. The highest BCUT2D eigenvalue weighted by Crippen LogP contribution is 2.22. The zero-order valence-corrected chi connectivity index (χ0v) is 13.5. The molecule has 0 aliphatic carbocycles. The SMILES string of the molecule is C[C@]1(NC(=O)COC(=O)c2ccccc2Cl)CCS(=O)(=O)C1. The number of ether oxygens (including phenoxy) is 1. The molecule has 0 bridgehead atoms. The van der Waals surface area contributed by atoms with E-state index in [1.165, 1.54) is 6.07 Å². The molecule has 1 aliphatic rings. The van der Waals surface area contributed by atoms with E-state index < -0.39 is 33.9 Å². The van der Waals surface area contributed by atoms with Gasteiger partial charge in [-0.2, -0.15) is 0 Å². The summed E-state index contributed by atoms with van der Waals surface area (Å²) in [6.07, 6.45) is 0.347. The number of benzene rings is 1. The van der Waals surface area contributed by atoms with Crippen molar-refractivity contribution >= 4 is 33.3 Å². The smallest absolute Gasteiger partial charge is 0.340 e. The van der Waals surface area contributed by atoms with Crippen LogP contribution >= 0.6 is 11.6 Å². The van der Waals surface area contributed by atoms with E-state index in [1.54, 1.807) is 25.1 Å². The van der Waals surface area contributed by atoms with Crippen LogP contribution in [0.25, 0.3) is 0 Å². The van der Waals surface area contributed by atoms with Crippen LogP contribution in [0.5, 0.6) is 0 Å². The highest BCUT2D eigenvalue weighted by Gasteiger charge is 2.39. The molecule has 1 amide bonds. The van der Waals surface area contributed by atoms with Crippen molar-refractivity contribution in [2.45, 2.75) is 18.9 Å². The van der Waals surface area contributed by atoms with Crippen molar-refractivity contribution in [2.24, 2.45) is 0 Å². The van der Waals surface area contributed by atoms with Gasteiger partial charge in [-0.3, -0.25) is 4.79 Å². The number of halogens is 1. The summed E-state index contributed by atoms with van der Waals surface area (Å²) in [4.78, 5) is 23.6. The van der Waals surface area contributed by atoms with E-state index in [0.29, 0.717) is 6.42 Å². The van der Waals surface area contributed by atoms with Gasteiger partial charge in [-0.25, -0.2) is 13.2 Å².